The van der Waals surface area contributed by atoms with E-state index in [0.29, 0.717) is 19.0 Å². The SMILES string of the molecule is CC1CCN(S(=O)(=O)c2ccc(Cl)c(C(=O)Nc3cccc(C(F)(F)F)c3)c2)CC1. The third-order valence-electron chi connectivity index (χ3n) is 5.01. The molecule has 1 aliphatic rings. The number of piperidine rings is 1. The van der Waals surface area contributed by atoms with Gasteiger partial charge in [0.25, 0.3) is 5.91 Å². The first-order chi connectivity index (χ1) is 14.0. The highest BCUT2D eigenvalue weighted by Crippen LogP contribution is 2.31. The standard InChI is InChI=1S/C20H20ClF3N2O3S/c1-13-7-9-26(10-8-13)30(28,29)16-5-6-18(21)17(12-16)19(27)25-15-4-2-3-14(11-15)20(22,23)24/h2-6,11-13H,7-10H2,1H3,(H,25,27). The van der Waals surface area contributed by atoms with E-state index in [0.717, 1.165) is 37.1 Å². The first-order valence-corrected chi connectivity index (χ1v) is 11.1. The van der Waals surface area contributed by atoms with Crippen molar-refractivity contribution >= 4 is 33.2 Å². The monoisotopic (exact) mass is 460 g/mol. The van der Waals surface area contributed by atoms with Gasteiger partial charge in [-0.1, -0.05) is 24.6 Å². The maximum Gasteiger partial charge on any atom is 0.416 e. The number of nitrogens with one attached hydrogen (secondary N) is 1. The summed E-state index contributed by atoms with van der Waals surface area (Å²) in [6.45, 7) is 2.83. The molecule has 10 heteroatoms. The third-order valence-corrected chi connectivity index (χ3v) is 7.23. The van der Waals surface area contributed by atoms with Crippen molar-refractivity contribution in [3.63, 3.8) is 0 Å². The molecule has 1 aliphatic heterocycles. The molecular weight excluding hydrogens is 441 g/mol. The normalized spacial score (nSPS) is 16.4. The Balaban J connectivity index is 1.86. The number of hydrogen-bond acceptors (Lipinski definition) is 3. The second-order valence-corrected chi connectivity index (χ2v) is 9.61. The summed E-state index contributed by atoms with van der Waals surface area (Å²) in [4.78, 5) is 12.5. The smallest absolute Gasteiger partial charge is 0.322 e. The molecule has 162 valence electrons. The van der Waals surface area contributed by atoms with E-state index in [2.05, 4.69) is 12.2 Å². The Kier molecular flexibility index (Phi) is 6.45. The quantitative estimate of drug-likeness (QED) is 0.695. The topological polar surface area (TPSA) is 66.5 Å². The maximum absolute atomic E-state index is 12.9. The van der Waals surface area contributed by atoms with Crippen LogP contribution in [0.1, 0.15) is 35.7 Å². The van der Waals surface area contributed by atoms with E-state index >= 15 is 0 Å². The molecule has 30 heavy (non-hydrogen) atoms. The summed E-state index contributed by atoms with van der Waals surface area (Å²) >= 11 is 6.07. The number of nitrogens with zero attached hydrogens (tertiary/aromatic N) is 1. The van der Waals surface area contributed by atoms with Crippen LogP contribution in [-0.4, -0.2) is 31.7 Å². The fraction of sp³-hybridized carbons (Fsp3) is 0.350. The summed E-state index contributed by atoms with van der Waals surface area (Å²) in [7, 11) is -3.81. The number of carbonyl (C=O) groups excluding carboxylic acids is 1. The number of anilines is 1. The van der Waals surface area contributed by atoms with Crippen LogP contribution >= 0.6 is 11.6 Å². The van der Waals surface area contributed by atoms with E-state index < -0.39 is 27.7 Å². The van der Waals surface area contributed by atoms with Gasteiger partial charge in [-0.25, -0.2) is 8.42 Å². The molecule has 1 saturated heterocycles. The highest BCUT2D eigenvalue weighted by Gasteiger charge is 2.31. The van der Waals surface area contributed by atoms with Gasteiger partial charge in [0.2, 0.25) is 10.0 Å². The van der Waals surface area contributed by atoms with E-state index in [4.69, 9.17) is 11.6 Å². The van der Waals surface area contributed by atoms with Crippen molar-refractivity contribution in [1.29, 1.82) is 0 Å². The molecule has 1 N–H and O–H groups in total. The van der Waals surface area contributed by atoms with Crippen LogP contribution in [0.15, 0.2) is 47.4 Å². The number of carbonyl (C=O) groups is 1. The van der Waals surface area contributed by atoms with Crippen LogP contribution < -0.4 is 5.32 Å². The second kappa shape index (κ2) is 8.56. The minimum absolute atomic E-state index is 0.00862. The molecule has 1 heterocycles. The number of benzene rings is 2. The van der Waals surface area contributed by atoms with Crippen molar-refractivity contribution in [2.24, 2.45) is 5.92 Å². The molecule has 1 amide bonds. The molecule has 0 atom stereocenters. The van der Waals surface area contributed by atoms with Gasteiger partial charge in [-0.05, 0) is 55.2 Å². The van der Waals surface area contributed by atoms with Crippen molar-refractivity contribution in [2.45, 2.75) is 30.8 Å². The number of alkyl halides is 3. The lowest BCUT2D eigenvalue weighted by molar-refractivity contribution is -0.137. The largest absolute Gasteiger partial charge is 0.416 e. The van der Waals surface area contributed by atoms with Gasteiger partial charge in [-0.2, -0.15) is 17.5 Å². The van der Waals surface area contributed by atoms with E-state index in [-0.39, 0.29) is 21.2 Å². The lowest BCUT2D eigenvalue weighted by atomic mass is 10.0. The zero-order valence-corrected chi connectivity index (χ0v) is 17.6. The van der Waals surface area contributed by atoms with Gasteiger partial charge in [0.1, 0.15) is 0 Å². The van der Waals surface area contributed by atoms with Gasteiger partial charge in [-0.15, -0.1) is 0 Å². The average Bonchev–Trinajstić information content (AvgIpc) is 2.68. The molecular formula is C20H20ClF3N2O3S. The van der Waals surface area contributed by atoms with Gasteiger partial charge in [-0.3, -0.25) is 4.79 Å². The summed E-state index contributed by atoms with van der Waals surface area (Å²) in [5.41, 5.74) is -1.13. The Bertz CT molecular complexity index is 1050. The first kappa shape index (κ1) is 22.6. The minimum atomic E-state index is -4.56. The van der Waals surface area contributed by atoms with Crippen LogP contribution in [0.5, 0.6) is 0 Å². The summed E-state index contributed by atoms with van der Waals surface area (Å²) in [5.74, 6) is -0.362. The van der Waals surface area contributed by atoms with Crippen LogP contribution in [0.2, 0.25) is 5.02 Å². The average molecular weight is 461 g/mol. The fourth-order valence-electron chi connectivity index (χ4n) is 3.18. The van der Waals surface area contributed by atoms with Crippen LogP contribution in [0.3, 0.4) is 0 Å². The highest BCUT2D eigenvalue weighted by molar-refractivity contribution is 7.89. The van der Waals surface area contributed by atoms with Crippen molar-refractivity contribution in [1.82, 2.24) is 4.31 Å². The number of sulfonamides is 1. The Morgan fingerprint density at radius 1 is 1.13 bits per heavy atom. The summed E-state index contributed by atoms with van der Waals surface area (Å²) in [6, 6.07) is 7.91. The number of amides is 1. The fourth-order valence-corrected chi connectivity index (χ4v) is 4.88. The molecule has 0 unspecified atom stereocenters. The third kappa shape index (κ3) is 4.96. The Morgan fingerprint density at radius 2 is 1.80 bits per heavy atom. The zero-order chi connectivity index (χ0) is 22.1. The molecule has 1 fully saturated rings. The molecule has 0 bridgehead atoms. The molecule has 2 aromatic rings. The van der Waals surface area contributed by atoms with E-state index in [9.17, 15) is 26.4 Å². The summed E-state index contributed by atoms with van der Waals surface area (Å²) < 4.78 is 65.8. The summed E-state index contributed by atoms with van der Waals surface area (Å²) in [6.07, 6.45) is -3.07. The van der Waals surface area contributed by atoms with Crippen molar-refractivity contribution in [3.8, 4) is 0 Å². The number of hydrogen-bond donors (Lipinski definition) is 1. The second-order valence-electron chi connectivity index (χ2n) is 7.26. The van der Waals surface area contributed by atoms with Gasteiger partial charge in [0.05, 0.1) is 21.0 Å². The Morgan fingerprint density at radius 3 is 2.43 bits per heavy atom. The Hall–Kier alpha value is -2.10. The van der Waals surface area contributed by atoms with Crippen molar-refractivity contribution in [2.75, 3.05) is 18.4 Å². The lowest BCUT2D eigenvalue weighted by Crippen LogP contribution is -2.37. The van der Waals surface area contributed by atoms with E-state index in [1.807, 2.05) is 0 Å². The molecule has 3 rings (SSSR count). The molecule has 0 saturated carbocycles. The molecule has 0 aromatic heterocycles. The van der Waals surface area contributed by atoms with Gasteiger partial charge in [0.15, 0.2) is 0 Å². The molecule has 2 aromatic carbocycles. The van der Waals surface area contributed by atoms with E-state index in [1.54, 1.807) is 0 Å². The lowest BCUT2D eigenvalue weighted by Gasteiger charge is -2.29. The van der Waals surface area contributed by atoms with Crippen LogP contribution in [0.4, 0.5) is 18.9 Å². The highest BCUT2D eigenvalue weighted by atomic mass is 35.5. The Labute approximate surface area is 177 Å². The van der Waals surface area contributed by atoms with Gasteiger partial charge < -0.3 is 5.32 Å². The first-order valence-electron chi connectivity index (χ1n) is 9.27. The van der Waals surface area contributed by atoms with Crippen LogP contribution in [0.25, 0.3) is 0 Å². The molecule has 5 nitrogen and oxygen atoms in total. The molecule has 0 aliphatic carbocycles. The predicted octanol–water partition coefficient (Wildman–Crippen LogP) is 5.03. The predicted molar refractivity (Wildman–Crippen MR) is 108 cm³/mol. The van der Waals surface area contributed by atoms with E-state index in [1.165, 1.54) is 22.5 Å². The van der Waals surface area contributed by atoms with Crippen molar-refractivity contribution < 1.29 is 26.4 Å². The zero-order valence-electron chi connectivity index (χ0n) is 16.0. The number of halogens is 4. The minimum Gasteiger partial charge on any atom is -0.322 e. The van der Waals surface area contributed by atoms with Crippen molar-refractivity contribution in [3.05, 3.63) is 58.6 Å². The molecule has 0 spiro atoms. The van der Waals surface area contributed by atoms with Crippen LogP contribution in [-0.2, 0) is 16.2 Å². The summed E-state index contributed by atoms with van der Waals surface area (Å²) in [5, 5.41) is 2.34. The molecule has 0 radical (unpaired) electrons. The number of rotatable bonds is 4. The van der Waals surface area contributed by atoms with Gasteiger partial charge >= 0.3 is 6.18 Å². The maximum atomic E-state index is 12.9. The van der Waals surface area contributed by atoms with Gasteiger partial charge in [0, 0.05) is 18.8 Å². The van der Waals surface area contributed by atoms with Crippen LogP contribution in [0, 0.1) is 5.92 Å².